The number of aromatic amines is 1. The molecule has 3 rings (SSSR count). The van der Waals surface area contributed by atoms with Crippen molar-refractivity contribution in [3.8, 4) is 0 Å². The number of aliphatic hydroxyl groups excluding tert-OH is 1. The SMILES string of the molecule is Cc1cc(C)cc(C(O)CNCc2ccc3cn[nH]c3c2)c1. The van der Waals surface area contributed by atoms with Crippen molar-refractivity contribution < 1.29 is 5.11 Å². The van der Waals surface area contributed by atoms with Crippen LogP contribution in [0, 0.1) is 13.8 Å². The van der Waals surface area contributed by atoms with Gasteiger partial charge in [0.25, 0.3) is 0 Å². The van der Waals surface area contributed by atoms with E-state index in [1.54, 1.807) is 0 Å². The summed E-state index contributed by atoms with van der Waals surface area (Å²) in [6, 6.07) is 12.4. The number of fused-ring (bicyclic) bond motifs is 1. The summed E-state index contributed by atoms with van der Waals surface area (Å²) in [6.07, 6.45) is 1.32. The van der Waals surface area contributed by atoms with Gasteiger partial charge in [0.2, 0.25) is 0 Å². The molecular weight excluding hydrogens is 274 g/mol. The molecule has 4 heteroatoms. The van der Waals surface area contributed by atoms with Crippen molar-refractivity contribution in [2.45, 2.75) is 26.5 Å². The fourth-order valence-electron chi connectivity index (χ4n) is 2.77. The fourth-order valence-corrected chi connectivity index (χ4v) is 2.77. The third-order valence-corrected chi connectivity index (χ3v) is 3.80. The third-order valence-electron chi connectivity index (χ3n) is 3.80. The topological polar surface area (TPSA) is 60.9 Å². The molecule has 0 amide bonds. The van der Waals surface area contributed by atoms with Crippen LogP contribution in [0.1, 0.15) is 28.4 Å². The van der Waals surface area contributed by atoms with Gasteiger partial charge in [-0.15, -0.1) is 0 Å². The number of H-pyrrole nitrogens is 1. The van der Waals surface area contributed by atoms with Gasteiger partial charge in [-0.2, -0.15) is 5.10 Å². The maximum Gasteiger partial charge on any atom is 0.0914 e. The van der Waals surface area contributed by atoms with Crippen LogP contribution in [0.4, 0.5) is 0 Å². The van der Waals surface area contributed by atoms with Gasteiger partial charge in [0.05, 0.1) is 17.8 Å². The van der Waals surface area contributed by atoms with E-state index < -0.39 is 6.10 Å². The van der Waals surface area contributed by atoms with E-state index in [1.807, 2.05) is 18.3 Å². The molecule has 114 valence electrons. The van der Waals surface area contributed by atoms with Crippen molar-refractivity contribution in [1.82, 2.24) is 15.5 Å². The van der Waals surface area contributed by atoms with Gasteiger partial charge in [-0.1, -0.05) is 41.5 Å². The average Bonchev–Trinajstić information content (AvgIpc) is 2.93. The van der Waals surface area contributed by atoms with Crippen LogP contribution < -0.4 is 5.32 Å². The predicted octanol–water partition coefficient (Wildman–Crippen LogP) is 3.00. The highest BCUT2D eigenvalue weighted by atomic mass is 16.3. The van der Waals surface area contributed by atoms with E-state index in [9.17, 15) is 5.11 Å². The Kier molecular flexibility index (Phi) is 4.22. The van der Waals surface area contributed by atoms with Gasteiger partial charge >= 0.3 is 0 Å². The van der Waals surface area contributed by atoms with Crippen LogP contribution >= 0.6 is 0 Å². The predicted molar refractivity (Wildman–Crippen MR) is 88.7 cm³/mol. The number of nitrogens with zero attached hydrogens (tertiary/aromatic N) is 1. The fraction of sp³-hybridized carbons (Fsp3) is 0.278. The summed E-state index contributed by atoms with van der Waals surface area (Å²) in [7, 11) is 0. The number of benzene rings is 2. The van der Waals surface area contributed by atoms with Gasteiger partial charge in [0.15, 0.2) is 0 Å². The zero-order chi connectivity index (χ0) is 15.5. The Hall–Kier alpha value is -2.17. The van der Waals surface area contributed by atoms with Gasteiger partial charge in [0.1, 0.15) is 0 Å². The Morgan fingerprint density at radius 2 is 1.91 bits per heavy atom. The van der Waals surface area contributed by atoms with Gasteiger partial charge in [-0.05, 0) is 31.0 Å². The molecule has 4 nitrogen and oxygen atoms in total. The van der Waals surface area contributed by atoms with Crippen molar-refractivity contribution in [2.75, 3.05) is 6.54 Å². The second kappa shape index (κ2) is 6.30. The first-order valence-electron chi connectivity index (χ1n) is 7.51. The van der Waals surface area contributed by atoms with Gasteiger partial charge in [0, 0.05) is 18.5 Å². The molecule has 0 radical (unpaired) electrons. The van der Waals surface area contributed by atoms with Crippen LogP contribution in [-0.4, -0.2) is 21.8 Å². The summed E-state index contributed by atoms with van der Waals surface area (Å²) >= 11 is 0. The van der Waals surface area contributed by atoms with Crippen LogP contribution in [0.2, 0.25) is 0 Å². The summed E-state index contributed by atoms with van der Waals surface area (Å²) < 4.78 is 0. The first-order valence-corrected chi connectivity index (χ1v) is 7.51. The number of aryl methyl sites for hydroxylation is 2. The van der Waals surface area contributed by atoms with Crippen LogP contribution in [-0.2, 0) is 6.54 Å². The molecule has 0 aliphatic heterocycles. The Labute approximate surface area is 130 Å². The molecule has 1 heterocycles. The summed E-state index contributed by atoms with van der Waals surface area (Å²) in [5.41, 5.74) is 5.53. The Balaban J connectivity index is 1.59. The second-order valence-electron chi connectivity index (χ2n) is 5.86. The van der Waals surface area contributed by atoms with Crippen LogP contribution in [0.15, 0.2) is 42.6 Å². The van der Waals surface area contributed by atoms with Crippen LogP contribution in [0.5, 0.6) is 0 Å². The highest BCUT2D eigenvalue weighted by Crippen LogP contribution is 2.17. The molecule has 0 spiro atoms. The molecule has 1 unspecified atom stereocenters. The monoisotopic (exact) mass is 295 g/mol. The molecule has 1 aromatic heterocycles. The van der Waals surface area contributed by atoms with Crippen LogP contribution in [0.3, 0.4) is 0 Å². The zero-order valence-corrected chi connectivity index (χ0v) is 12.9. The van der Waals surface area contributed by atoms with E-state index in [1.165, 1.54) is 16.7 Å². The number of aromatic nitrogens is 2. The Morgan fingerprint density at radius 3 is 2.68 bits per heavy atom. The molecule has 0 aliphatic carbocycles. The minimum absolute atomic E-state index is 0.491. The summed E-state index contributed by atoms with van der Waals surface area (Å²) in [5, 5.41) is 21.7. The van der Waals surface area contributed by atoms with E-state index in [4.69, 9.17) is 0 Å². The maximum atomic E-state index is 10.3. The van der Waals surface area contributed by atoms with Gasteiger partial charge in [-0.25, -0.2) is 0 Å². The number of aliphatic hydroxyl groups is 1. The maximum absolute atomic E-state index is 10.3. The number of hydrogen-bond acceptors (Lipinski definition) is 3. The molecule has 0 saturated heterocycles. The number of nitrogens with one attached hydrogen (secondary N) is 2. The molecule has 22 heavy (non-hydrogen) atoms. The van der Waals surface area contributed by atoms with E-state index in [0.29, 0.717) is 6.54 Å². The van der Waals surface area contributed by atoms with Crippen molar-refractivity contribution >= 4 is 10.9 Å². The number of hydrogen-bond donors (Lipinski definition) is 3. The lowest BCUT2D eigenvalue weighted by molar-refractivity contribution is 0.174. The van der Waals surface area contributed by atoms with E-state index in [0.717, 1.165) is 23.0 Å². The molecule has 3 N–H and O–H groups in total. The first-order chi connectivity index (χ1) is 10.6. The van der Waals surface area contributed by atoms with Gasteiger partial charge < -0.3 is 10.4 Å². The first kappa shape index (κ1) is 14.8. The third kappa shape index (κ3) is 3.35. The smallest absolute Gasteiger partial charge is 0.0914 e. The molecular formula is C18H21N3O. The molecule has 2 aromatic carbocycles. The average molecular weight is 295 g/mol. The molecule has 0 aliphatic rings. The van der Waals surface area contributed by atoms with Crippen molar-refractivity contribution in [3.05, 3.63) is 64.8 Å². The number of rotatable bonds is 5. The van der Waals surface area contributed by atoms with E-state index >= 15 is 0 Å². The zero-order valence-electron chi connectivity index (χ0n) is 12.9. The highest BCUT2D eigenvalue weighted by molar-refractivity contribution is 5.78. The van der Waals surface area contributed by atoms with Crippen LogP contribution in [0.25, 0.3) is 10.9 Å². The summed E-state index contributed by atoms with van der Waals surface area (Å²) in [6.45, 7) is 5.35. The summed E-state index contributed by atoms with van der Waals surface area (Å²) in [5.74, 6) is 0. The quantitative estimate of drug-likeness (QED) is 0.678. The standard InChI is InChI=1S/C18H21N3O/c1-12-5-13(2)7-16(6-12)18(22)11-19-9-14-3-4-15-10-20-21-17(15)8-14/h3-8,10,18-19,22H,9,11H2,1-2H3,(H,20,21). The Bertz CT molecular complexity index is 759. The minimum Gasteiger partial charge on any atom is -0.387 e. The molecule has 0 saturated carbocycles. The lowest BCUT2D eigenvalue weighted by Crippen LogP contribution is -2.21. The molecule has 0 fully saturated rings. The molecule has 3 aromatic rings. The normalized spacial score (nSPS) is 12.7. The lowest BCUT2D eigenvalue weighted by atomic mass is 10.0. The van der Waals surface area contributed by atoms with E-state index in [2.05, 4.69) is 53.6 Å². The summed E-state index contributed by atoms with van der Waals surface area (Å²) in [4.78, 5) is 0. The van der Waals surface area contributed by atoms with Gasteiger partial charge in [-0.3, -0.25) is 5.10 Å². The second-order valence-corrected chi connectivity index (χ2v) is 5.86. The largest absolute Gasteiger partial charge is 0.387 e. The van der Waals surface area contributed by atoms with Crippen molar-refractivity contribution in [1.29, 1.82) is 0 Å². The highest BCUT2D eigenvalue weighted by Gasteiger charge is 2.08. The minimum atomic E-state index is -0.491. The Morgan fingerprint density at radius 1 is 1.14 bits per heavy atom. The van der Waals surface area contributed by atoms with Crippen molar-refractivity contribution in [2.24, 2.45) is 0 Å². The lowest BCUT2D eigenvalue weighted by Gasteiger charge is -2.14. The van der Waals surface area contributed by atoms with E-state index in [-0.39, 0.29) is 0 Å². The van der Waals surface area contributed by atoms with Crippen molar-refractivity contribution in [3.63, 3.8) is 0 Å². The molecule has 1 atom stereocenters. The molecule has 0 bridgehead atoms.